The van der Waals surface area contributed by atoms with Gasteiger partial charge in [-0.25, -0.2) is 14.4 Å². The van der Waals surface area contributed by atoms with Crippen LogP contribution in [0.3, 0.4) is 0 Å². The topological polar surface area (TPSA) is 89.2 Å². The summed E-state index contributed by atoms with van der Waals surface area (Å²) in [5.74, 6) is -0.333. The smallest absolute Gasteiger partial charge is 0.253 e. The van der Waals surface area contributed by atoms with Crippen LogP contribution in [0.15, 0.2) is 24.3 Å². The first-order chi connectivity index (χ1) is 12.8. The Morgan fingerprint density at radius 3 is 2.59 bits per heavy atom. The van der Waals surface area contributed by atoms with Gasteiger partial charge in [-0.2, -0.15) is 0 Å². The predicted octanol–water partition coefficient (Wildman–Crippen LogP) is 2.28. The van der Waals surface area contributed by atoms with E-state index in [1.807, 2.05) is 13.8 Å². The molecule has 0 aliphatic carbocycles. The van der Waals surface area contributed by atoms with E-state index in [4.69, 9.17) is 5.73 Å². The number of aromatic nitrogens is 2. The minimum Gasteiger partial charge on any atom is -0.369 e. The Morgan fingerprint density at radius 2 is 1.96 bits per heavy atom. The van der Waals surface area contributed by atoms with Gasteiger partial charge in [-0.15, -0.1) is 0 Å². The van der Waals surface area contributed by atoms with E-state index in [9.17, 15) is 14.0 Å². The zero-order valence-electron chi connectivity index (χ0n) is 15.5. The van der Waals surface area contributed by atoms with Gasteiger partial charge in [-0.05, 0) is 44.9 Å². The number of hydrogen-bond acceptors (Lipinski definition) is 4. The van der Waals surface area contributed by atoms with Gasteiger partial charge in [0.1, 0.15) is 11.6 Å². The summed E-state index contributed by atoms with van der Waals surface area (Å²) in [5.41, 5.74) is 7.88. The van der Waals surface area contributed by atoms with Crippen molar-refractivity contribution in [1.29, 1.82) is 0 Å². The van der Waals surface area contributed by atoms with Crippen molar-refractivity contribution in [2.24, 2.45) is 5.73 Å². The molecular formula is C20H23FN4O2. The summed E-state index contributed by atoms with van der Waals surface area (Å²) in [5, 5.41) is 0. The molecule has 1 aromatic heterocycles. The molecule has 1 unspecified atom stereocenters. The molecule has 2 aromatic rings. The number of rotatable bonds is 4. The number of nitrogens with two attached hydrogens (primary N) is 1. The van der Waals surface area contributed by atoms with Crippen LogP contribution in [0.1, 0.15) is 51.9 Å². The molecule has 1 saturated heterocycles. The monoisotopic (exact) mass is 370 g/mol. The summed E-state index contributed by atoms with van der Waals surface area (Å²) in [6.45, 7) is 4.80. The molecule has 2 amide bonds. The van der Waals surface area contributed by atoms with Crippen molar-refractivity contribution in [2.75, 3.05) is 13.1 Å². The van der Waals surface area contributed by atoms with Crippen molar-refractivity contribution >= 4 is 11.8 Å². The maximum Gasteiger partial charge on any atom is 0.253 e. The van der Waals surface area contributed by atoms with E-state index < -0.39 is 11.7 Å². The molecule has 27 heavy (non-hydrogen) atoms. The highest BCUT2D eigenvalue weighted by atomic mass is 19.1. The van der Waals surface area contributed by atoms with Gasteiger partial charge in [0, 0.05) is 41.5 Å². The van der Waals surface area contributed by atoms with E-state index in [2.05, 4.69) is 9.97 Å². The van der Waals surface area contributed by atoms with Crippen molar-refractivity contribution in [3.05, 3.63) is 58.4 Å². The summed E-state index contributed by atoms with van der Waals surface area (Å²) >= 11 is 0. The van der Waals surface area contributed by atoms with Gasteiger partial charge in [-0.3, -0.25) is 9.59 Å². The first-order valence-corrected chi connectivity index (χ1v) is 9.02. The molecule has 6 nitrogen and oxygen atoms in total. The molecule has 0 spiro atoms. The molecule has 1 atom stereocenters. The molecule has 1 aromatic carbocycles. The molecule has 2 N–H and O–H groups in total. The van der Waals surface area contributed by atoms with Crippen molar-refractivity contribution in [3.8, 4) is 0 Å². The molecule has 3 rings (SSSR count). The first kappa shape index (κ1) is 18.9. The Balaban J connectivity index is 1.80. The zero-order valence-corrected chi connectivity index (χ0v) is 15.5. The van der Waals surface area contributed by atoms with Crippen molar-refractivity contribution in [1.82, 2.24) is 14.9 Å². The normalized spacial score (nSPS) is 17.0. The standard InChI is InChI=1S/C20H23FN4O2/c1-12-17(10-18(22)26)13(2)24-19(23-12)15-6-4-8-25(11-15)20(27)14-5-3-7-16(21)9-14/h3,5,7,9,15H,4,6,8,10-11H2,1-2H3,(H2,22,26). The lowest BCUT2D eigenvalue weighted by molar-refractivity contribution is -0.117. The number of carbonyl (C=O) groups is 2. The number of amides is 2. The fraction of sp³-hybridized carbons (Fsp3) is 0.400. The fourth-order valence-electron chi connectivity index (χ4n) is 3.55. The van der Waals surface area contributed by atoms with Gasteiger partial charge in [0.05, 0.1) is 6.42 Å². The van der Waals surface area contributed by atoms with Crippen molar-refractivity contribution in [3.63, 3.8) is 0 Å². The van der Waals surface area contributed by atoms with E-state index in [-0.39, 0.29) is 18.2 Å². The number of halogens is 1. The van der Waals surface area contributed by atoms with Gasteiger partial charge >= 0.3 is 0 Å². The molecule has 1 fully saturated rings. The van der Waals surface area contributed by atoms with Crippen molar-refractivity contribution in [2.45, 2.75) is 39.0 Å². The van der Waals surface area contributed by atoms with E-state index in [0.29, 0.717) is 24.5 Å². The van der Waals surface area contributed by atoms with Crippen LogP contribution in [0, 0.1) is 19.7 Å². The maximum atomic E-state index is 13.4. The van der Waals surface area contributed by atoms with Crippen molar-refractivity contribution < 1.29 is 14.0 Å². The number of carbonyl (C=O) groups excluding carboxylic acids is 2. The van der Waals surface area contributed by atoms with Crippen LogP contribution in [0.5, 0.6) is 0 Å². The Morgan fingerprint density at radius 1 is 1.26 bits per heavy atom. The number of nitrogens with zero attached hydrogens (tertiary/aromatic N) is 3. The summed E-state index contributed by atoms with van der Waals surface area (Å²) in [4.78, 5) is 34.8. The average molecular weight is 370 g/mol. The van der Waals surface area contributed by atoms with Gasteiger partial charge in [-0.1, -0.05) is 6.07 Å². The highest BCUT2D eigenvalue weighted by Crippen LogP contribution is 2.27. The van der Waals surface area contributed by atoms with E-state index in [0.717, 1.165) is 29.8 Å². The number of hydrogen-bond donors (Lipinski definition) is 1. The van der Waals surface area contributed by atoms with Crippen LogP contribution in [-0.4, -0.2) is 39.8 Å². The molecule has 0 bridgehead atoms. The predicted molar refractivity (Wildman–Crippen MR) is 98.7 cm³/mol. The lowest BCUT2D eigenvalue weighted by atomic mass is 9.95. The number of primary amides is 1. The molecule has 0 saturated carbocycles. The Bertz CT molecular complexity index is 861. The summed E-state index contributed by atoms with van der Waals surface area (Å²) in [6, 6.07) is 5.74. The third-order valence-electron chi connectivity index (χ3n) is 4.93. The quantitative estimate of drug-likeness (QED) is 0.894. The Labute approximate surface area is 157 Å². The van der Waals surface area contributed by atoms with Gasteiger partial charge in [0.2, 0.25) is 5.91 Å². The minimum absolute atomic E-state index is 0.0105. The SMILES string of the molecule is Cc1nc(C2CCCN(C(=O)c3cccc(F)c3)C2)nc(C)c1CC(N)=O. The highest BCUT2D eigenvalue weighted by molar-refractivity contribution is 5.94. The largest absolute Gasteiger partial charge is 0.369 e. The molecule has 142 valence electrons. The second-order valence-electron chi connectivity index (χ2n) is 6.97. The van der Waals surface area contributed by atoms with Crippen LogP contribution in [0.25, 0.3) is 0 Å². The Hall–Kier alpha value is -2.83. The lowest BCUT2D eigenvalue weighted by Crippen LogP contribution is -2.39. The summed E-state index contributed by atoms with van der Waals surface area (Å²) < 4.78 is 13.4. The summed E-state index contributed by atoms with van der Waals surface area (Å²) in [6.07, 6.45) is 1.82. The van der Waals surface area contributed by atoms with Crippen LogP contribution in [0.4, 0.5) is 4.39 Å². The zero-order chi connectivity index (χ0) is 19.6. The molecule has 1 aliphatic heterocycles. The number of benzene rings is 1. The second-order valence-corrected chi connectivity index (χ2v) is 6.97. The molecule has 7 heteroatoms. The fourth-order valence-corrected chi connectivity index (χ4v) is 3.55. The lowest BCUT2D eigenvalue weighted by Gasteiger charge is -2.32. The molecule has 1 aliphatic rings. The van der Waals surface area contributed by atoms with Crippen LogP contribution >= 0.6 is 0 Å². The number of aryl methyl sites for hydroxylation is 2. The molecule has 0 radical (unpaired) electrons. The summed E-state index contributed by atoms with van der Waals surface area (Å²) in [7, 11) is 0. The number of likely N-dealkylation sites (tertiary alicyclic amines) is 1. The second kappa shape index (κ2) is 7.82. The highest BCUT2D eigenvalue weighted by Gasteiger charge is 2.28. The van der Waals surface area contributed by atoms with E-state index >= 15 is 0 Å². The molecular weight excluding hydrogens is 347 g/mol. The average Bonchev–Trinajstić information content (AvgIpc) is 2.64. The van der Waals surface area contributed by atoms with Crippen LogP contribution < -0.4 is 5.73 Å². The Kier molecular flexibility index (Phi) is 5.48. The first-order valence-electron chi connectivity index (χ1n) is 9.02. The van der Waals surface area contributed by atoms with Gasteiger partial charge in [0.25, 0.3) is 5.91 Å². The van der Waals surface area contributed by atoms with Gasteiger partial charge in [0.15, 0.2) is 0 Å². The van der Waals surface area contributed by atoms with Crippen LogP contribution in [0.2, 0.25) is 0 Å². The third kappa shape index (κ3) is 4.30. The van der Waals surface area contributed by atoms with Crippen LogP contribution in [-0.2, 0) is 11.2 Å². The van der Waals surface area contributed by atoms with E-state index in [1.165, 1.54) is 18.2 Å². The maximum absolute atomic E-state index is 13.4. The third-order valence-corrected chi connectivity index (χ3v) is 4.93. The van der Waals surface area contributed by atoms with Gasteiger partial charge < -0.3 is 10.6 Å². The minimum atomic E-state index is -0.422. The number of piperidine rings is 1. The van der Waals surface area contributed by atoms with E-state index in [1.54, 1.807) is 11.0 Å². The molecule has 2 heterocycles.